The quantitative estimate of drug-likeness (QED) is 0.682. The SMILES string of the molecule is COC(=O)/C=C(/Nc1c(F)cc(Cl)cc1Cl)C(=O)OC. The topological polar surface area (TPSA) is 64.6 Å². The standard InChI is InChI=1S/C12H10Cl2FNO4/c1-19-10(17)5-9(12(18)20-2)16-11-7(14)3-6(13)4-8(11)15/h3-5,16H,1-2H3/b9-5+. The van der Waals surface area contributed by atoms with Crippen LogP contribution in [0.3, 0.4) is 0 Å². The Morgan fingerprint density at radius 1 is 1.25 bits per heavy atom. The van der Waals surface area contributed by atoms with Gasteiger partial charge in [0.05, 0.1) is 31.0 Å². The fourth-order valence-corrected chi connectivity index (χ4v) is 1.74. The lowest BCUT2D eigenvalue weighted by Gasteiger charge is -2.11. The Bertz CT molecular complexity index is 552. The second-order valence-electron chi connectivity index (χ2n) is 3.44. The first-order valence-corrected chi connectivity index (χ1v) is 5.94. The molecule has 0 saturated carbocycles. The van der Waals surface area contributed by atoms with E-state index in [1.165, 1.54) is 6.07 Å². The Morgan fingerprint density at radius 3 is 2.40 bits per heavy atom. The average Bonchev–Trinajstić information content (AvgIpc) is 2.40. The van der Waals surface area contributed by atoms with Gasteiger partial charge in [0.1, 0.15) is 11.5 Å². The van der Waals surface area contributed by atoms with E-state index in [1.807, 2.05) is 0 Å². The molecule has 0 aliphatic rings. The highest BCUT2D eigenvalue weighted by Crippen LogP contribution is 2.30. The van der Waals surface area contributed by atoms with Crippen LogP contribution in [0.15, 0.2) is 23.9 Å². The summed E-state index contributed by atoms with van der Waals surface area (Å²) in [5, 5.41) is 2.41. The van der Waals surface area contributed by atoms with Crippen LogP contribution in [-0.4, -0.2) is 26.2 Å². The lowest BCUT2D eigenvalue weighted by atomic mass is 10.2. The van der Waals surface area contributed by atoms with E-state index in [9.17, 15) is 14.0 Å². The number of hydrogen-bond acceptors (Lipinski definition) is 5. The van der Waals surface area contributed by atoms with Crippen molar-refractivity contribution in [3.63, 3.8) is 0 Å². The molecule has 5 nitrogen and oxygen atoms in total. The van der Waals surface area contributed by atoms with Gasteiger partial charge in [-0.15, -0.1) is 0 Å². The van der Waals surface area contributed by atoms with Crippen LogP contribution in [0.2, 0.25) is 10.0 Å². The minimum atomic E-state index is -0.888. The van der Waals surface area contributed by atoms with Gasteiger partial charge in [-0.2, -0.15) is 0 Å². The Morgan fingerprint density at radius 2 is 1.90 bits per heavy atom. The highest BCUT2D eigenvalue weighted by atomic mass is 35.5. The smallest absolute Gasteiger partial charge is 0.354 e. The van der Waals surface area contributed by atoms with E-state index in [0.29, 0.717) is 0 Å². The number of halogens is 3. The first-order valence-electron chi connectivity index (χ1n) is 5.18. The van der Waals surface area contributed by atoms with Crippen LogP contribution in [0.4, 0.5) is 10.1 Å². The Hall–Kier alpha value is -1.79. The second kappa shape index (κ2) is 7.12. The third-order valence-electron chi connectivity index (χ3n) is 2.14. The second-order valence-corrected chi connectivity index (χ2v) is 4.29. The van der Waals surface area contributed by atoms with Crippen molar-refractivity contribution in [2.45, 2.75) is 0 Å². The maximum Gasteiger partial charge on any atom is 0.354 e. The molecule has 0 spiro atoms. The van der Waals surface area contributed by atoms with Crippen LogP contribution in [0, 0.1) is 5.82 Å². The summed E-state index contributed by atoms with van der Waals surface area (Å²) in [6.07, 6.45) is 0.816. The van der Waals surface area contributed by atoms with Crippen LogP contribution < -0.4 is 5.32 Å². The number of hydrogen-bond donors (Lipinski definition) is 1. The normalized spacial score (nSPS) is 10.9. The van der Waals surface area contributed by atoms with E-state index in [0.717, 1.165) is 26.4 Å². The van der Waals surface area contributed by atoms with Gasteiger partial charge in [-0.1, -0.05) is 23.2 Å². The summed E-state index contributed by atoms with van der Waals surface area (Å²) in [4.78, 5) is 22.7. The minimum absolute atomic E-state index is 0.0605. The summed E-state index contributed by atoms with van der Waals surface area (Å²) < 4.78 is 22.6. The van der Waals surface area contributed by atoms with E-state index in [2.05, 4.69) is 14.8 Å². The van der Waals surface area contributed by atoms with Gasteiger partial charge in [-0.3, -0.25) is 0 Å². The number of nitrogens with one attached hydrogen (secondary N) is 1. The van der Waals surface area contributed by atoms with Crippen molar-refractivity contribution < 1.29 is 23.5 Å². The summed E-state index contributed by atoms with van der Waals surface area (Å²) in [7, 11) is 2.23. The fraction of sp³-hybridized carbons (Fsp3) is 0.167. The largest absolute Gasteiger partial charge is 0.466 e. The molecule has 1 rings (SSSR count). The van der Waals surface area contributed by atoms with E-state index in [-0.39, 0.29) is 21.4 Å². The number of esters is 2. The van der Waals surface area contributed by atoms with Crippen molar-refractivity contribution >= 4 is 40.8 Å². The van der Waals surface area contributed by atoms with Gasteiger partial charge in [0.15, 0.2) is 0 Å². The van der Waals surface area contributed by atoms with E-state index in [4.69, 9.17) is 23.2 Å². The summed E-state index contributed by atoms with van der Waals surface area (Å²) in [6.45, 7) is 0. The molecule has 0 amide bonds. The predicted molar refractivity (Wildman–Crippen MR) is 72.2 cm³/mol. The number of anilines is 1. The summed E-state index contributed by atoms with van der Waals surface area (Å²) in [5.41, 5.74) is -0.543. The molecule has 0 atom stereocenters. The van der Waals surface area contributed by atoms with Crippen LogP contribution in [0.1, 0.15) is 0 Å². The molecular weight excluding hydrogens is 312 g/mol. The maximum absolute atomic E-state index is 13.7. The third-order valence-corrected chi connectivity index (χ3v) is 2.65. The summed E-state index contributed by atoms with van der Waals surface area (Å²) >= 11 is 11.4. The zero-order valence-electron chi connectivity index (χ0n) is 10.5. The van der Waals surface area contributed by atoms with Crippen LogP contribution in [0.25, 0.3) is 0 Å². The Labute approximate surface area is 124 Å². The molecule has 0 aliphatic heterocycles. The van der Waals surface area contributed by atoms with Crippen molar-refractivity contribution in [2.24, 2.45) is 0 Å². The third kappa shape index (κ3) is 4.11. The number of rotatable bonds is 4. The van der Waals surface area contributed by atoms with Gasteiger partial charge in [-0.05, 0) is 12.1 Å². The minimum Gasteiger partial charge on any atom is -0.466 e. The molecule has 1 aromatic carbocycles. The van der Waals surface area contributed by atoms with E-state index < -0.39 is 17.8 Å². The molecule has 0 fully saturated rings. The number of ether oxygens (including phenoxy) is 2. The number of carbonyl (C=O) groups is 2. The number of methoxy groups -OCH3 is 2. The van der Waals surface area contributed by atoms with Crippen LogP contribution in [0.5, 0.6) is 0 Å². The molecule has 0 saturated heterocycles. The van der Waals surface area contributed by atoms with Gasteiger partial charge in [0, 0.05) is 5.02 Å². The zero-order valence-corrected chi connectivity index (χ0v) is 12.0. The molecular formula is C12H10Cl2FNO4. The summed E-state index contributed by atoms with van der Waals surface area (Å²) in [6, 6.07) is 2.28. The van der Waals surface area contributed by atoms with Crippen molar-refractivity contribution in [3.8, 4) is 0 Å². The molecule has 1 aromatic rings. The first-order chi connectivity index (χ1) is 9.38. The average molecular weight is 322 g/mol. The zero-order chi connectivity index (χ0) is 15.3. The monoisotopic (exact) mass is 321 g/mol. The molecule has 1 N–H and O–H groups in total. The molecule has 0 radical (unpaired) electrons. The summed E-state index contributed by atoms with van der Waals surface area (Å²) in [5.74, 6) is -2.49. The lowest BCUT2D eigenvalue weighted by Crippen LogP contribution is -2.16. The molecule has 0 aromatic heterocycles. The lowest BCUT2D eigenvalue weighted by molar-refractivity contribution is -0.138. The highest BCUT2D eigenvalue weighted by Gasteiger charge is 2.17. The molecule has 0 bridgehead atoms. The highest BCUT2D eigenvalue weighted by molar-refractivity contribution is 6.36. The van der Waals surface area contributed by atoms with Crippen molar-refractivity contribution in [1.29, 1.82) is 0 Å². The van der Waals surface area contributed by atoms with E-state index in [1.54, 1.807) is 0 Å². The molecule has 108 valence electrons. The van der Waals surface area contributed by atoms with Gasteiger partial charge >= 0.3 is 11.9 Å². The predicted octanol–water partition coefficient (Wildman–Crippen LogP) is 2.77. The van der Waals surface area contributed by atoms with Crippen molar-refractivity contribution in [3.05, 3.63) is 39.8 Å². The molecule has 0 unspecified atom stereocenters. The number of carbonyl (C=O) groups excluding carboxylic acids is 2. The number of benzene rings is 1. The first kappa shape index (κ1) is 16.3. The van der Waals surface area contributed by atoms with Crippen LogP contribution in [-0.2, 0) is 19.1 Å². The van der Waals surface area contributed by atoms with Crippen molar-refractivity contribution in [1.82, 2.24) is 0 Å². The Kier molecular flexibility index (Phi) is 5.79. The molecule has 8 heteroatoms. The van der Waals surface area contributed by atoms with Gasteiger partial charge in [-0.25, -0.2) is 14.0 Å². The molecule has 0 aliphatic carbocycles. The van der Waals surface area contributed by atoms with Gasteiger partial charge < -0.3 is 14.8 Å². The van der Waals surface area contributed by atoms with E-state index >= 15 is 0 Å². The van der Waals surface area contributed by atoms with Gasteiger partial charge in [0.25, 0.3) is 0 Å². The Balaban J connectivity index is 3.17. The molecule has 0 heterocycles. The fourth-order valence-electron chi connectivity index (χ4n) is 1.23. The maximum atomic E-state index is 13.7. The van der Waals surface area contributed by atoms with Crippen molar-refractivity contribution in [2.75, 3.05) is 19.5 Å². The van der Waals surface area contributed by atoms with Gasteiger partial charge in [0.2, 0.25) is 0 Å². The van der Waals surface area contributed by atoms with Crippen LogP contribution >= 0.6 is 23.2 Å². The molecule has 20 heavy (non-hydrogen) atoms.